The van der Waals surface area contributed by atoms with Crippen molar-refractivity contribution in [2.75, 3.05) is 25.2 Å². The van der Waals surface area contributed by atoms with Gasteiger partial charge in [-0.05, 0) is 37.0 Å². The monoisotopic (exact) mass is 325 g/mol. The van der Waals surface area contributed by atoms with Crippen LogP contribution < -0.4 is 4.74 Å². The van der Waals surface area contributed by atoms with E-state index in [9.17, 15) is 13.2 Å². The van der Waals surface area contributed by atoms with Crippen LogP contribution in [-0.2, 0) is 21.2 Å². The Kier molecular flexibility index (Phi) is 5.45. The standard InChI is InChI=1S/C16H23NO4S/c1-3-21-15-6-4-13(5-7-15)11-17(2)16(18)10-14-8-9-22(19,20)12-14/h4-7,14H,3,8-12H2,1-2H3. The molecule has 0 spiro atoms. The molecule has 0 N–H and O–H groups in total. The zero-order valence-corrected chi connectivity index (χ0v) is 13.9. The van der Waals surface area contributed by atoms with E-state index in [0.717, 1.165) is 11.3 Å². The van der Waals surface area contributed by atoms with Gasteiger partial charge in [-0.15, -0.1) is 0 Å². The van der Waals surface area contributed by atoms with Crippen LogP contribution in [0.4, 0.5) is 0 Å². The largest absolute Gasteiger partial charge is 0.494 e. The molecule has 0 bridgehead atoms. The number of hydrogen-bond acceptors (Lipinski definition) is 4. The SMILES string of the molecule is CCOc1ccc(CN(C)C(=O)CC2CCS(=O)(=O)C2)cc1. The third-order valence-corrected chi connectivity index (χ3v) is 5.71. The summed E-state index contributed by atoms with van der Waals surface area (Å²) in [5, 5.41) is 0. The van der Waals surface area contributed by atoms with Crippen molar-refractivity contribution in [3.8, 4) is 5.75 Å². The van der Waals surface area contributed by atoms with E-state index >= 15 is 0 Å². The first-order chi connectivity index (χ1) is 10.4. The lowest BCUT2D eigenvalue weighted by atomic mass is 10.0. The average Bonchev–Trinajstić information content (AvgIpc) is 2.80. The molecule has 122 valence electrons. The maximum absolute atomic E-state index is 12.2. The highest BCUT2D eigenvalue weighted by molar-refractivity contribution is 7.91. The number of benzene rings is 1. The molecule has 0 aromatic heterocycles. The molecule has 1 amide bonds. The molecule has 1 aromatic rings. The maximum Gasteiger partial charge on any atom is 0.222 e. The van der Waals surface area contributed by atoms with Crippen LogP contribution >= 0.6 is 0 Å². The van der Waals surface area contributed by atoms with Crippen LogP contribution in [0.15, 0.2) is 24.3 Å². The summed E-state index contributed by atoms with van der Waals surface area (Å²) in [6.45, 7) is 3.08. The normalized spacial score (nSPS) is 19.8. The number of rotatable bonds is 6. The molecule has 1 aliphatic rings. The lowest BCUT2D eigenvalue weighted by molar-refractivity contribution is -0.131. The van der Waals surface area contributed by atoms with Gasteiger partial charge in [-0.25, -0.2) is 8.42 Å². The van der Waals surface area contributed by atoms with E-state index in [1.54, 1.807) is 11.9 Å². The molecule has 1 saturated heterocycles. The van der Waals surface area contributed by atoms with Crippen LogP contribution in [0, 0.1) is 5.92 Å². The number of ether oxygens (including phenoxy) is 1. The number of sulfone groups is 1. The van der Waals surface area contributed by atoms with Gasteiger partial charge in [0.05, 0.1) is 18.1 Å². The highest BCUT2D eigenvalue weighted by Gasteiger charge is 2.30. The molecular formula is C16H23NO4S. The van der Waals surface area contributed by atoms with Gasteiger partial charge < -0.3 is 9.64 Å². The van der Waals surface area contributed by atoms with E-state index in [1.165, 1.54) is 0 Å². The molecule has 1 aromatic carbocycles. The maximum atomic E-state index is 12.2. The van der Waals surface area contributed by atoms with Crippen LogP contribution in [0.25, 0.3) is 0 Å². The highest BCUT2D eigenvalue weighted by atomic mass is 32.2. The van der Waals surface area contributed by atoms with Crippen molar-refractivity contribution in [1.29, 1.82) is 0 Å². The summed E-state index contributed by atoms with van der Waals surface area (Å²) in [4.78, 5) is 13.8. The van der Waals surface area contributed by atoms with E-state index < -0.39 is 9.84 Å². The minimum absolute atomic E-state index is 0.00372. The van der Waals surface area contributed by atoms with Crippen molar-refractivity contribution in [2.24, 2.45) is 5.92 Å². The van der Waals surface area contributed by atoms with Gasteiger partial charge in [0, 0.05) is 20.0 Å². The molecule has 1 fully saturated rings. The number of nitrogens with zero attached hydrogens (tertiary/aromatic N) is 1. The minimum Gasteiger partial charge on any atom is -0.494 e. The van der Waals surface area contributed by atoms with Crippen LogP contribution in [0.2, 0.25) is 0 Å². The first kappa shape index (κ1) is 16.8. The number of carbonyl (C=O) groups excluding carboxylic acids is 1. The molecule has 1 aliphatic heterocycles. The lowest BCUT2D eigenvalue weighted by Gasteiger charge is -2.19. The summed E-state index contributed by atoms with van der Waals surface area (Å²) in [5.41, 5.74) is 1.03. The Morgan fingerprint density at radius 1 is 1.32 bits per heavy atom. The summed E-state index contributed by atoms with van der Waals surface area (Å²) in [7, 11) is -1.17. The van der Waals surface area contributed by atoms with Gasteiger partial charge in [-0.1, -0.05) is 12.1 Å². The summed E-state index contributed by atoms with van der Waals surface area (Å²) >= 11 is 0. The zero-order valence-electron chi connectivity index (χ0n) is 13.1. The molecule has 2 rings (SSSR count). The van der Waals surface area contributed by atoms with Crippen LogP contribution in [0.1, 0.15) is 25.3 Å². The number of amides is 1. The Hall–Kier alpha value is -1.56. The predicted octanol–water partition coefficient (Wildman–Crippen LogP) is 1.87. The fourth-order valence-corrected chi connectivity index (χ4v) is 4.52. The Morgan fingerprint density at radius 2 is 2.00 bits per heavy atom. The quantitative estimate of drug-likeness (QED) is 0.801. The minimum atomic E-state index is -2.92. The van der Waals surface area contributed by atoms with Crippen molar-refractivity contribution < 1.29 is 17.9 Å². The van der Waals surface area contributed by atoms with Gasteiger partial charge in [0.25, 0.3) is 0 Å². The molecule has 1 unspecified atom stereocenters. The van der Waals surface area contributed by atoms with E-state index in [4.69, 9.17) is 4.74 Å². The second-order valence-electron chi connectivity index (χ2n) is 5.80. The highest BCUT2D eigenvalue weighted by Crippen LogP contribution is 2.22. The zero-order chi connectivity index (χ0) is 16.2. The molecule has 22 heavy (non-hydrogen) atoms. The van der Waals surface area contributed by atoms with Gasteiger partial charge in [0.2, 0.25) is 5.91 Å². The summed E-state index contributed by atoms with van der Waals surface area (Å²) < 4.78 is 28.2. The molecule has 0 saturated carbocycles. The third-order valence-electron chi connectivity index (χ3n) is 3.87. The van der Waals surface area contributed by atoms with Crippen molar-refractivity contribution >= 4 is 15.7 Å². The van der Waals surface area contributed by atoms with Crippen molar-refractivity contribution in [1.82, 2.24) is 4.90 Å². The third kappa shape index (κ3) is 4.73. The first-order valence-electron chi connectivity index (χ1n) is 7.55. The van der Waals surface area contributed by atoms with Gasteiger partial charge in [-0.2, -0.15) is 0 Å². The topological polar surface area (TPSA) is 63.7 Å². The summed E-state index contributed by atoms with van der Waals surface area (Å²) in [6.07, 6.45) is 0.914. The van der Waals surface area contributed by atoms with Gasteiger partial charge >= 0.3 is 0 Å². The molecule has 1 atom stereocenters. The van der Waals surface area contributed by atoms with Crippen LogP contribution in [-0.4, -0.2) is 44.4 Å². The Bertz CT molecular complexity index is 610. The van der Waals surface area contributed by atoms with E-state index in [0.29, 0.717) is 26.0 Å². The molecular weight excluding hydrogens is 302 g/mol. The van der Waals surface area contributed by atoms with E-state index in [2.05, 4.69) is 0 Å². The Morgan fingerprint density at radius 3 is 2.55 bits per heavy atom. The molecule has 0 radical (unpaired) electrons. The molecule has 6 heteroatoms. The summed E-state index contributed by atoms with van der Waals surface area (Å²) in [6, 6.07) is 7.66. The fourth-order valence-electron chi connectivity index (χ4n) is 2.66. The van der Waals surface area contributed by atoms with Crippen molar-refractivity contribution in [3.05, 3.63) is 29.8 Å². The van der Waals surface area contributed by atoms with Crippen molar-refractivity contribution in [2.45, 2.75) is 26.3 Å². The first-order valence-corrected chi connectivity index (χ1v) is 9.38. The van der Waals surface area contributed by atoms with Gasteiger partial charge in [-0.3, -0.25) is 4.79 Å². The molecule has 1 heterocycles. The Labute approximate surface area is 132 Å². The number of carbonyl (C=O) groups is 1. The van der Waals surface area contributed by atoms with Crippen LogP contribution in [0.5, 0.6) is 5.75 Å². The predicted molar refractivity (Wildman–Crippen MR) is 85.5 cm³/mol. The molecule has 5 nitrogen and oxygen atoms in total. The fraction of sp³-hybridized carbons (Fsp3) is 0.562. The smallest absolute Gasteiger partial charge is 0.222 e. The summed E-state index contributed by atoms with van der Waals surface area (Å²) in [5.74, 6) is 1.15. The second-order valence-corrected chi connectivity index (χ2v) is 8.03. The molecule has 0 aliphatic carbocycles. The van der Waals surface area contributed by atoms with Crippen molar-refractivity contribution in [3.63, 3.8) is 0 Å². The Balaban J connectivity index is 1.86. The van der Waals surface area contributed by atoms with Crippen LogP contribution in [0.3, 0.4) is 0 Å². The average molecular weight is 325 g/mol. The van der Waals surface area contributed by atoms with E-state index in [-0.39, 0.29) is 23.3 Å². The van der Waals surface area contributed by atoms with Gasteiger partial charge in [0.15, 0.2) is 9.84 Å². The lowest BCUT2D eigenvalue weighted by Crippen LogP contribution is -2.28. The number of hydrogen-bond donors (Lipinski definition) is 0. The van der Waals surface area contributed by atoms with Gasteiger partial charge in [0.1, 0.15) is 5.75 Å². The van der Waals surface area contributed by atoms with E-state index in [1.807, 2.05) is 31.2 Å². The second kappa shape index (κ2) is 7.13.